The molecular formula is C22H38F6O8PtSi2+2. The summed E-state index contributed by atoms with van der Waals surface area (Å²) in [5.41, 5.74) is -3.73. The molecule has 17 heteroatoms. The number of ketones is 4. The number of carbonyl (C=O) groups is 4. The Morgan fingerprint density at radius 1 is 0.615 bits per heavy atom. The summed E-state index contributed by atoms with van der Waals surface area (Å²) in [6.07, 6.45) is -7.68. The van der Waals surface area contributed by atoms with Crippen molar-refractivity contribution in [1.82, 2.24) is 0 Å². The Labute approximate surface area is 241 Å². The van der Waals surface area contributed by atoms with Crippen LogP contribution in [-0.4, -0.2) is 81.0 Å². The molecule has 0 N–H and O–H groups in total. The maximum absolute atomic E-state index is 12.6. The van der Waals surface area contributed by atoms with Crippen molar-refractivity contribution in [3.8, 4) is 0 Å². The Hall–Kier alpha value is -0.778. The molecule has 0 bridgehead atoms. The predicted octanol–water partition coefficient (Wildman–Crippen LogP) is 5.22. The van der Waals surface area contributed by atoms with Gasteiger partial charge in [0.25, 0.3) is 0 Å². The standard InChI is InChI=1S/2C11H19F3O4Si.Pt/c2*1-5-6-7-19(17-3,18-4)9(8(2)15)10(16)11(12,13)14;/h2*9H,5-7H2,1-4H3;/q;;+2. The first-order valence-electron chi connectivity index (χ1n) is 11.8. The maximum atomic E-state index is 12.6. The Morgan fingerprint density at radius 3 is 0.974 bits per heavy atom. The number of alkyl halides is 6. The Balaban J connectivity index is -0.000000648. The first kappa shape index (κ1) is 42.7. The summed E-state index contributed by atoms with van der Waals surface area (Å²) in [7, 11) is -2.36. The van der Waals surface area contributed by atoms with Gasteiger partial charge in [0.2, 0.25) is 11.6 Å². The van der Waals surface area contributed by atoms with E-state index in [4.69, 9.17) is 17.7 Å². The molecule has 0 aliphatic carbocycles. The van der Waals surface area contributed by atoms with Gasteiger partial charge in [0.1, 0.15) is 22.6 Å². The molecule has 0 saturated heterocycles. The molecule has 2 unspecified atom stereocenters. The van der Waals surface area contributed by atoms with Crippen LogP contribution in [-0.2, 0) is 57.9 Å². The second-order valence-corrected chi connectivity index (χ2v) is 15.5. The molecule has 8 nitrogen and oxygen atoms in total. The molecule has 0 aromatic rings. The number of carbonyl (C=O) groups excluding carboxylic acids is 4. The van der Waals surface area contributed by atoms with Gasteiger partial charge in [0.15, 0.2) is 0 Å². The third-order valence-electron chi connectivity index (χ3n) is 5.92. The van der Waals surface area contributed by atoms with Gasteiger partial charge in [-0.3, -0.25) is 19.2 Å². The number of hydrogen-bond donors (Lipinski definition) is 0. The van der Waals surface area contributed by atoms with Crippen molar-refractivity contribution >= 4 is 40.3 Å². The van der Waals surface area contributed by atoms with Crippen LogP contribution >= 0.6 is 0 Å². The molecule has 0 fully saturated rings. The Kier molecular flexibility index (Phi) is 20.4. The molecule has 39 heavy (non-hydrogen) atoms. The van der Waals surface area contributed by atoms with Gasteiger partial charge in [-0.05, 0) is 25.9 Å². The molecule has 2 atom stereocenters. The van der Waals surface area contributed by atoms with E-state index in [-0.39, 0.29) is 33.2 Å². The van der Waals surface area contributed by atoms with Crippen molar-refractivity contribution in [1.29, 1.82) is 0 Å². The third kappa shape index (κ3) is 12.3. The molecule has 0 aliphatic heterocycles. The van der Waals surface area contributed by atoms with Gasteiger partial charge in [-0.1, -0.05) is 39.5 Å². The van der Waals surface area contributed by atoms with Crippen LogP contribution in [0.3, 0.4) is 0 Å². The van der Waals surface area contributed by atoms with E-state index in [0.717, 1.165) is 13.8 Å². The van der Waals surface area contributed by atoms with Crippen LogP contribution in [0.15, 0.2) is 0 Å². The number of hydrogen-bond acceptors (Lipinski definition) is 8. The molecule has 0 saturated carbocycles. The second kappa shape index (κ2) is 18.6. The van der Waals surface area contributed by atoms with Crippen LogP contribution in [0.5, 0.6) is 0 Å². The van der Waals surface area contributed by atoms with Crippen molar-refractivity contribution in [2.24, 2.45) is 0 Å². The molecule has 0 aliphatic rings. The van der Waals surface area contributed by atoms with Gasteiger partial charge in [-0.25, -0.2) is 0 Å². The zero-order chi connectivity index (χ0) is 30.5. The van der Waals surface area contributed by atoms with Crippen LogP contribution in [0.1, 0.15) is 53.4 Å². The van der Waals surface area contributed by atoms with Gasteiger partial charge < -0.3 is 17.7 Å². The summed E-state index contributed by atoms with van der Waals surface area (Å²) in [6, 6.07) is 0.338. The van der Waals surface area contributed by atoms with Crippen LogP contribution in [0.25, 0.3) is 0 Å². The summed E-state index contributed by atoms with van der Waals surface area (Å²) in [4.78, 5) is 46.0. The van der Waals surface area contributed by atoms with E-state index in [1.54, 1.807) is 0 Å². The van der Waals surface area contributed by atoms with E-state index in [9.17, 15) is 45.5 Å². The smallest absolute Gasteiger partial charge is 0.397 e. The van der Waals surface area contributed by atoms with Gasteiger partial charge >= 0.3 is 50.5 Å². The van der Waals surface area contributed by atoms with Crippen LogP contribution in [0, 0.1) is 0 Å². The van der Waals surface area contributed by atoms with Gasteiger partial charge in [0, 0.05) is 28.4 Å². The minimum absolute atomic E-state index is 0. The molecule has 0 aromatic heterocycles. The third-order valence-corrected chi connectivity index (χ3v) is 13.9. The Bertz CT molecular complexity index is 723. The fourth-order valence-corrected chi connectivity index (χ4v) is 10.6. The van der Waals surface area contributed by atoms with E-state index in [0.29, 0.717) is 25.7 Å². The quantitative estimate of drug-likeness (QED) is 0.119. The maximum Gasteiger partial charge on any atom is 2.00 e. The average Bonchev–Trinajstić information content (AvgIpc) is 2.82. The zero-order valence-corrected chi connectivity index (χ0v) is 27.5. The van der Waals surface area contributed by atoms with E-state index < -0.39 is 63.7 Å². The minimum Gasteiger partial charge on any atom is -0.397 e. The molecule has 0 spiro atoms. The second-order valence-electron chi connectivity index (χ2n) is 8.46. The fraction of sp³-hybridized carbons (Fsp3) is 0.818. The normalized spacial score (nSPS) is 13.9. The van der Waals surface area contributed by atoms with E-state index in [1.165, 1.54) is 28.4 Å². The summed E-state index contributed by atoms with van der Waals surface area (Å²) < 4.78 is 96.0. The average molecular weight is 796 g/mol. The first-order valence-corrected chi connectivity index (χ1v) is 16.0. The molecule has 0 radical (unpaired) electrons. The predicted molar refractivity (Wildman–Crippen MR) is 130 cm³/mol. The van der Waals surface area contributed by atoms with Crippen molar-refractivity contribution in [2.45, 2.75) is 88.9 Å². The van der Waals surface area contributed by atoms with Crippen molar-refractivity contribution in [3.63, 3.8) is 0 Å². The largest absolute Gasteiger partial charge is 2.00 e. The molecule has 232 valence electrons. The van der Waals surface area contributed by atoms with E-state index >= 15 is 0 Å². The van der Waals surface area contributed by atoms with Crippen molar-refractivity contribution in [2.75, 3.05) is 28.4 Å². The van der Waals surface area contributed by atoms with E-state index in [1.807, 2.05) is 13.8 Å². The molecule has 0 aromatic carbocycles. The van der Waals surface area contributed by atoms with Crippen molar-refractivity contribution < 1.29 is 84.3 Å². The minimum atomic E-state index is -5.07. The molecule has 0 rings (SSSR count). The number of unbranched alkanes of at least 4 members (excludes halogenated alkanes) is 2. The molecule has 0 heterocycles. The number of halogens is 6. The van der Waals surface area contributed by atoms with Gasteiger partial charge in [-0.15, -0.1) is 0 Å². The summed E-state index contributed by atoms with van der Waals surface area (Å²) >= 11 is 0. The van der Waals surface area contributed by atoms with Crippen LogP contribution in [0.2, 0.25) is 23.2 Å². The monoisotopic (exact) mass is 795 g/mol. The summed E-state index contributed by atoms with van der Waals surface area (Å²) in [5.74, 6) is -5.89. The van der Waals surface area contributed by atoms with Crippen LogP contribution in [0.4, 0.5) is 26.3 Å². The van der Waals surface area contributed by atoms with E-state index in [2.05, 4.69) is 0 Å². The number of Topliss-reactive ketones (excluding diaryl/α,β-unsaturated/α-hetero) is 4. The number of rotatable bonds is 16. The zero-order valence-electron chi connectivity index (χ0n) is 23.2. The fourth-order valence-electron chi connectivity index (χ4n) is 3.90. The van der Waals surface area contributed by atoms with Gasteiger partial charge in [-0.2, -0.15) is 26.3 Å². The Morgan fingerprint density at radius 2 is 0.846 bits per heavy atom. The van der Waals surface area contributed by atoms with Gasteiger partial charge in [0.05, 0.1) is 0 Å². The molecule has 0 amide bonds. The van der Waals surface area contributed by atoms with Crippen molar-refractivity contribution in [3.05, 3.63) is 0 Å². The van der Waals surface area contributed by atoms with Crippen LogP contribution < -0.4 is 0 Å². The topological polar surface area (TPSA) is 105 Å². The molecular weight excluding hydrogens is 757 g/mol. The summed E-state index contributed by atoms with van der Waals surface area (Å²) in [5, 5.41) is 0. The first-order chi connectivity index (χ1) is 17.3. The SMILES string of the molecule is CCCC[Si](OC)(OC)C(C(C)=O)C(=O)C(F)(F)F.CCCC[Si](OC)(OC)C(C(C)=O)C(=O)C(F)(F)F.[Pt+2]. The summed E-state index contributed by atoms with van der Waals surface area (Å²) in [6.45, 7) is 5.61.